The fourth-order valence-corrected chi connectivity index (χ4v) is 2.28. The molecule has 0 aromatic heterocycles. The molecular formula is C16H22O3. The Bertz CT molecular complexity index is 479. The Morgan fingerprint density at radius 3 is 2.53 bits per heavy atom. The molecule has 2 rings (SSSR count). The number of Topliss-reactive ketones (excluding diaryl/α,β-unsaturated/α-hetero) is 1. The third kappa shape index (κ3) is 2.81. The highest BCUT2D eigenvalue weighted by atomic mass is 16.5. The topological polar surface area (TPSA) is 35.5 Å². The van der Waals surface area contributed by atoms with Gasteiger partial charge in [-0.2, -0.15) is 0 Å². The molecule has 1 aromatic carbocycles. The van der Waals surface area contributed by atoms with Gasteiger partial charge in [-0.15, -0.1) is 0 Å². The van der Waals surface area contributed by atoms with Crippen molar-refractivity contribution in [1.29, 1.82) is 0 Å². The normalized spacial score (nSPS) is 22.2. The summed E-state index contributed by atoms with van der Waals surface area (Å²) in [5.41, 5.74) is 3.46. The van der Waals surface area contributed by atoms with Crippen molar-refractivity contribution < 1.29 is 14.3 Å². The highest BCUT2D eigenvalue weighted by Crippen LogP contribution is 2.31. The van der Waals surface area contributed by atoms with Crippen molar-refractivity contribution in [2.24, 2.45) is 0 Å². The first-order valence-corrected chi connectivity index (χ1v) is 6.92. The number of hydrogen-bond donors (Lipinski definition) is 0. The molecule has 3 nitrogen and oxygen atoms in total. The molecule has 0 aliphatic heterocycles. The van der Waals surface area contributed by atoms with Crippen LogP contribution in [0, 0.1) is 20.8 Å². The van der Waals surface area contributed by atoms with Crippen LogP contribution in [-0.4, -0.2) is 24.6 Å². The van der Waals surface area contributed by atoms with Gasteiger partial charge in [0.05, 0.1) is 0 Å². The second kappa shape index (κ2) is 5.74. The Labute approximate surface area is 114 Å². The van der Waals surface area contributed by atoms with Crippen molar-refractivity contribution in [3.05, 3.63) is 28.8 Å². The number of ketones is 1. The zero-order valence-corrected chi connectivity index (χ0v) is 12.2. The van der Waals surface area contributed by atoms with Crippen LogP contribution in [0.2, 0.25) is 0 Å². The van der Waals surface area contributed by atoms with Crippen LogP contribution >= 0.6 is 0 Å². The highest BCUT2D eigenvalue weighted by molar-refractivity contribution is 5.90. The number of carbonyl (C=O) groups excluding carboxylic acids is 1. The molecular weight excluding hydrogens is 240 g/mol. The first-order chi connectivity index (χ1) is 9.04. The van der Waals surface area contributed by atoms with E-state index in [9.17, 15) is 4.79 Å². The molecule has 0 heterocycles. The van der Waals surface area contributed by atoms with Crippen LogP contribution in [0.3, 0.4) is 0 Å². The predicted molar refractivity (Wildman–Crippen MR) is 74.7 cm³/mol. The standard InChI is InChI=1S/C16H22O3/c1-5-8-18-16-13(17)9-14(16)19-15-11(3)7-6-10(2)12(15)4/h6-7,14,16H,5,8-9H2,1-4H3. The summed E-state index contributed by atoms with van der Waals surface area (Å²) >= 11 is 0. The average Bonchev–Trinajstić information content (AvgIpc) is 2.38. The van der Waals surface area contributed by atoms with E-state index in [0.29, 0.717) is 13.0 Å². The fourth-order valence-electron chi connectivity index (χ4n) is 2.28. The molecule has 1 aromatic rings. The van der Waals surface area contributed by atoms with Crippen LogP contribution < -0.4 is 4.74 Å². The number of carbonyl (C=O) groups is 1. The minimum atomic E-state index is -0.376. The largest absolute Gasteiger partial charge is 0.486 e. The molecule has 0 bridgehead atoms. The predicted octanol–water partition coefficient (Wildman–Crippen LogP) is 3.13. The van der Waals surface area contributed by atoms with E-state index >= 15 is 0 Å². The van der Waals surface area contributed by atoms with Crippen molar-refractivity contribution in [3.8, 4) is 5.75 Å². The molecule has 2 unspecified atom stereocenters. The van der Waals surface area contributed by atoms with Crippen LogP contribution in [0.5, 0.6) is 5.75 Å². The lowest BCUT2D eigenvalue weighted by Gasteiger charge is -2.35. The summed E-state index contributed by atoms with van der Waals surface area (Å²) in [4.78, 5) is 11.6. The number of aryl methyl sites for hydroxylation is 2. The Morgan fingerprint density at radius 2 is 1.89 bits per heavy atom. The van der Waals surface area contributed by atoms with Crippen LogP contribution in [0.1, 0.15) is 36.5 Å². The third-order valence-electron chi connectivity index (χ3n) is 3.70. The fraction of sp³-hybridized carbons (Fsp3) is 0.562. The van der Waals surface area contributed by atoms with Gasteiger partial charge in [0.2, 0.25) is 0 Å². The Hall–Kier alpha value is -1.35. The minimum Gasteiger partial charge on any atom is -0.486 e. The minimum absolute atomic E-state index is 0.127. The van der Waals surface area contributed by atoms with Crippen molar-refractivity contribution >= 4 is 5.78 Å². The van der Waals surface area contributed by atoms with E-state index in [1.54, 1.807) is 0 Å². The van der Waals surface area contributed by atoms with Crippen LogP contribution in [0.15, 0.2) is 12.1 Å². The Morgan fingerprint density at radius 1 is 1.21 bits per heavy atom. The molecule has 0 N–H and O–H groups in total. The monoisotopic (exact) mass is 262 g/mol. The summed E-state index contributed by atoms with van der Waals surface area (Å²) in [5, 5.41) is 0. The smallest absolute Gasteiger partial charge is 0.169 e. The maximum atomic E-state index is 11.6. The Balaban J connectivity index is 2.09. The van der Waals surface area contributed by atoms with Gasteiger partial charge in [-0.3, -0.25) is 4.79 Å². The molecule has 1 aliphatic carbocycles. The summed E-state index contributed by atoms with van der Waals surface area (Å²) in [6.45, 7) is 8.80. The second-order valence-electron chi connectivity index (χ2n) is 5.27. The molecule has 0 spiro atoms. The van der Waals surface area contributed by atoms with E-state index in [1.807, 2.05) is 13.8 Å². The van der Waals surface area contributed by atoms with Gasteiger partial charge in [0.25, 0.3) is 0 Å². The molecule has 3 heteroatoms. The zero-order valence-electron chi connectivity index (χ0n) is 12.2. The van der Waals surface area contributed by atoms with Crippen molar-refractivity contribution in [1.82, 2.24) is 0 Å². The van der Waals surface area contributed by atoms with Crippen molar-refractivity contribution in [2.75, 3.05) is 6.61 Å². The van der Waals surface area contributed by atoms with Gasteiger partial charge in [-0.25, -0.2) is 0 Å². The number of ether oxygens (including phenoxy) is 2. The molecule has 1 fully saturated rings. The lowest BCUT2D eigenvalue weighted by molar-refractivity contribution is -0.154. The molecule has 1 aliphatic rings. The zero-order chi connectivity index (χ0) is 14.0. The van der Waals surface area contributed by atoms with E-state index < -0.39 is 0 Å². The quantitative estimate of drug-likeness (QED) is 0.818. The van der Waals surface area contributed by atoms with E-state index in [-0.39, 0.29) is 18.0 Å². The van der Waals surface area contributed by atoms with E-state index in [1.165, 1.54) is 5.56 Å². The van der Waals surface area contributed by atoms with Gasteiger partial charge >= 0.3 is 0 Å². The maximum Gasteiger partial charge on any atom is 0.169 e. The van der Waals surface area contributed by atoms with Crippen LogP contribution in [0.4, 0.5) is 0 Å². The summed E-state index contributed by atoms with van der Waals surface area (Å²) in [6, 6.07) is 4.15. The average molecular weight is 262 g/mol. The summed E-state index contributed by atoms with van der Waals surface area (Å²) in [7, 11) is 0. The molecule has 0 saturated heterocycles. The van der Waals surface area contributed by atoms with Crippen LogP contribution in [0.25, 0.3) is 0 Å². The van der Waals surface area contributed by atoms with Gasteiger partial charge in [0, 0.05) is 13.0 Å². The first kappa shape index (κ1) is 14.1. The summed E-state index contributed by atoms with van der Waals surface area (Å²) in [6.07, 6.45) is 0.873. The lowest BCUT2D eigenvalue weighted by atomic mass is 9.89. The van der Waals surface area contributed by atoms with Gasteiger partial charge in [-0.1, -0.05) is 19.1 Å². The van der Waals surface area contributed by atoms with Crippen LogP contribution in [-0.2, 0) is 9.53 Å². The second-order valence-corrected chi connectivity index (χ2v) is 5.27. The van der Waals surface area contributed by atoms with Crippen molar-refractivity contribution in [3.63, 3.8) is 0 Å². The summed E-state index contributed by atoms with van der Waals surface area (Å²) in [5.74, 6) is 1.06. The number of benzene rings is 1. The number of rotatable bonds is 5. The molecule has 2 atom stereocenters. The van der Waals surface area contributed by atoms with E-state index in [0.717, 1.165) is 23.3 Å². The van der Waals surface area contributed by atoms with Crippen molar-refractivity contribution in [2.45, 2.75) is 52.7 Å². The molecule has 19 heavy (non-hydrogen) atoms. The highest BCUT2D eigenvalue weighted by Gasteiger charge is 2.42. The molecule has 1 saturated carbocycles. The van der Waals surface area contributed by atoms with Gasteiger partial charge in [0.15, 0.2) is 11.9 Å². The van der Waals surface area contributed by atoms with Gasteiger partial charge in [-0.05, 0) is 43.9 Å². The van der Waals surface area contributed by atoms with Gasteiger partial charge in [0.1, 0.15) is 11.9 Å². The first-order valence-electron chi connectivity index (χ1n) is 6.92. The summed E-state index contributed by atoms with van der Waals surface area (Å²) < 4.78 is 11.6. The molecule has 0 amide bonds. The SMILES string of the molecule is CCCOC1C(=O)CC1Oc1c(C)ccc(C)c1C. The Kier molecular flexibility index (Phi) is 4.25. The van der Waals surface area contributed by atoms with Gasteiger partial charge < -0.3 is 9.47 Å². The molecule has 104 valence electrons. The van der Waals surface area contributed by atoms with E-state index in [2.05, 4.69) is 26.0 Å². The maximum absolute atomic E-state index is 11.6. The molecule has 0 radical (unpaired) electrons. The lowest BCUT2D eigenvalue weighted by Crippen LogP contribution is -2.52. The number of hydrogen-bond acceptors (Lipinski definition) is 3. The van der Waals surface area contributed by atoms with E-state index in [4.69, 9.17) is 9.47 Å². The third-order valence-corrected chi connectivity index (χ3v) is 3.70.